The van der Waals surface area contributed by atoms with Crippen molar-refractivity contribution in [3.63, 3.8) is 0 Å². The van der Waals surface area contributed by atoms with Crippen LogP contribution in [-0.2, 0) is 0 Å². The van der Waals surface area contributed by atoms with E-state index >= 15 is 0 Å². The topological polar surface area (TPSA) is 38.7 Å². The maximum Gasteiger partial charge on any atom is 0.387 e. The highest BCUT2D eigenvalue weighted by molar-refractivity contribution is 5.41. The molecule has 5 heteroatoms. The van der Waals surface area contributed by atoms with Gasteiger partial charge in [-0.1, -0.05) is 0 Å². The van der Waals surface area contributed by atoms with Gasteiger partial charge in [0.15, 0.2) is 0 Å². The van der Waals surface area contributed by atoms with Crippen LogP contribution in [0.1, 0.15) is 18.6 Å². The molecule has 1 aromatic rings. The van der Waals surface area contributed by atoms with Crippen molar-refractivity contribution >= 4 is 0 Å². The average molecular weight is 218 g/mol. The van der Waals surface area contributed by atoms with Crippen LogP contribution in [0, 0.1) is 0 Å². The molecule has 1 aromatic carbocycles. The summed E-state index contributed by atoms with van der Waals surface area (Å²) in [4.78, 5) is 0. The summed E-state index contributed by atoms with van der Waals surface area (Å²) in [5, 5.41) is 9.32. The number of benzene rings is 1. The van der Waals surface area contributed by atoms with Crippen LogP contribution >= 0.6 is 0 Å². The van der Waals surface area contributed by atoms with Gasteiger partial charge in [-0.15, -0.1) is 0 Å². The Balaban J connectivity index is 3.05. The summed E-state index contributed by atoms with van der Waals surface area (Å²) in [5.41, 5.74) is 0.302. The molecule has 1 unspecified atom stereocenters. The van der Waals surface area contributed by atoms with E-state index in [1.807, 2.05) is 0 Å². The van der Waals surface area contributed by atoms with Gasteiger partial charge in [-0.2, -0.15) is 8.78 Å². The van der Waals surface area contributed by atoms with Gasteiger partial charge in [0, 0.05) is 11.6 Å². The van der Waals surface area contributed by atoms with Gasteiger partial charge in [0.25, 0.3) is 0 Å². The number of aliphatic hydroxyl groups excluding tert-OH is 1. The SMILES string of the molecule is COc1ccc(C(C)O)c(OC(F)F)c1. The molecule has 0 radical (unpaired) electrons. The van der Waals surface area contributed by atoms with E-state index in [4.69, 9.17) is 4.74 Å². The number of aliphatic hydroxyl groups is 1. The minimum absolute atomic E-state index is 0.0700. The Morgan fingerprint density at radius 2 is 2.00 bits per heavy atom. The summed E-state index contributed by atoms with van der Waals surface area (Å²) in [6, 6.07) is 4.37. The molecule has 15 heavy (non-hydrogen) atoms. The average Bonchev–Trinajstić information content (AvgIpc) is 2.16. The van der Waals surface area contributed by atoms with Crippen molar-refractivity contribution < 1.29 is 23.4 Å². The van der Waals surface area contributed by atoms with Gasteiger partial charge in [-0.25, -0.2) is 0 Å². The Bertz CT molecular complexity index is 326. The molecule has 0 aliphatic rings. The largest absolute Gasteiger partial charge is 0.497 e. The van der Waals surface area contributed by atoms with Gasteiger partial charge in [-0.3, -0.25) is 0 Å². The minimum Gasteiger partial charge on any atom is -0.497 e. The number of methoxy groups -OCH3 is 1. The van der Waals surface area contributed by atoms with E-state index in [9.17, 15) is 13.9 Å². The van der Waals surface area contributed by atoms with E-state index < -0.39 is 12.7 Å². The Morgan fingerprint density at radius 1 is 1.33 bits per heavy atom. The van der Waals surface area contributed by atoms with Gasteiger partial charge < -0.3 is 14.6 Å². The fraction of sp³-hybridized carbons (Fsp3) is 0.400. The van der Waals surface area contributed by atoms with Crippen LogP contribution in [0.25, 0.3) is 0 Å². The number of rotatable bonds is 4. The second-order valence-electron chi connectivity index (χ2n) is 2.96. The van der Waals surface area contributed by atoms with Gasteiger partial charge in [-0.05, 0) is 19.1 Å². The van der Waals surface area contributed by atoms with Crippen molar-refractivity contribution in [2.45, 2.75) is 19.6 Å². The lowest BCUT2D eigenvalue weighted by Crippen LogP contribution is -2.06. The van der Waals surface area contributed by atoms with Crippen LogP contribution in [0.15, 0.2) is 18.2 Å². The number of hydrogen-bond donors (Lipinski definition) is 1. The van der Waals surface area contributed by atoms with Crippen LogP contribution in [0.2, 0.25) is 0 Å². The molecule has 0 saturated heterocycles. The second kappa shape index (κ2) is 4.93. The summed E-state index contributed by atoms with van der Waals surface area (Å²) >= 11 is 0. The van der Waals surface area contributed by atoms with Crippen LogP contribution in [0.5, 0.6) is 11.5 Å². The second-order valence-corrected chi connectivity index (χ2v) is 2.96. The highest BCUT2D eigenvalue weighted by Gasteiger charge is 2.14. The number of ether oxygens (including phenoxy) is 2. The molecule has 1 N–H and O–H groups in total. The molecule has 0 heterocycles. The third-order valence-electron chi connectivity index (χ3n) is 1.89. The quantitative estimate of drug-likeness (QED) is 0.843. The summed E-state index contributed by atoms with van der Waals surface area (Å²) in [6.07, 6.45) is -0.871. The minimum atomic E-state index is -2.92. The molecule has 84 valence electrons. The van der Waals surface area contributed by atoms with E-state index in [0.717, 1.165) is 0 Å². The van der Waals surface area contributed by atoms with Crippen molar-refractivity contribution in [3.8, 4) is 11.5 Å². The molecule has 0 saturated carbocycles. The zero-order chi connectivity index (χ0) is 11.4. The lowest BCUT2D eigenvalue weighted by molar-refractivity contribution is -0.0515. The van der Waals surface area contributed by atoms with Crippen LogP contribution in [-0.4, -0.2) is 18.8 Å². The van der Waals surface area contributed by atoms with E-state index in [-0.39, 0.29) is 5.75 Å². The Hall–Kier alpha value is -1.36. The molecule has 3 nitrogen and oxygen atoms in total. The van der Waals surface area contributed by atoms with Gasteiger partial charge in [0.2, 0.25) is 0 Å². The molecule has 0 bridgehead atoms. The summed E-state index contributed by atoms with van der Waals surface area (Å²) in [6.45, 7) is -1.45. The predicted octanol–water partition coefficient (Wildman–Crippen LogP) is 2.35. The standard InChI is InChI=1S/C10H12F2O3/c1-6(13)8-4-3-7(14-2)5-9(8)15-10(11)12/h3-6,10,13H,1-2H3. The van der Waals surface area contributed by atoms with E-state index in [1.54, 1.807) is 6.07 Å². The Kier molecular flexibility index (Phi) is 3.85. The number of hydrogen-bond acceptors (Lipinski definition) is 3. The van der Waals surface area contributed by atoms with Crippen LogP contribution in [0.4, 0.5) is 8.78 Å². The smallest absolute Gasteiger partial charge is 0.387 e. The third-order valence-corrected chi connectivity index (χ3v) is 1.89. The lowest BCUT2D eigenvalue weighted by Gasteiger charge is -2.13. The van der Waals surface area contributed by atoms with Crippen LogP contribution < -0.4 is 9.47 Å². The molecule has 1 atom stereocenters. The molecule has 0 amide bonds. The first kappa shape index (κ1) is 11.7. The third kappa shape index (κ3) is 3.06. The highest BCUT2D eigenvalue weighted by Crippen LogP contribution is 2.30. The van der Waals surface area contributed by atoms with Crippen LogP contribution in [0.3, 0.4) is 0 Å². The Labute approximate surface area is 86.2 Å². The first-order valence-electron chi connectivity index (χ1n) is 4.35. The maximum atomic E-state index is 12.1. The van der Waals surface area contributed by atoms with Crippen molar-refractivity contribution in [1.29, 1.82) is 0 Å². The molecule has 0 aliphatic carbocycles. The maximum absolute atomic E-state index is 12.1. The van der Waals surface area contributed by atoms with E-state index in [1.165, 1.54) is 26.2 Å². The zero-order valence-corrected chi connectivity index (χ0v) is 8.41. The molecule has 1 rings (SSSR count). The van der Waals surface area contributed by atoms with Crippen molar-refractivity contribution in [3.05, 3.63) is 23.8 Å². The molecular formula is C10H12F2O3. The van der Waals surface area contributed by atoms with Crippen molar-refractivity contribution in [2.75, 3.05) is 7.11 Å². The summed E-state index contributed by atoms with van der Waals surface area (Å²) in [5.74, 6) is 0.328. The molecule has 0 aromatic heterocycles. The van der Waals surface area contributed by atoms with Crippen molar-refractivity contribution in [2.24, 2.45) is 0 Å². The molecular weight excluding hydrogens is 206 g/mol. The van der Waals surface area contributed by atoms with E-state index in [2.05, 4.69) is 4.74 Å². The number of halogens is 2. The first-order chi connectivity index (χ1) is 7.04. The molecule has 0 spiro atoms. The van der Waals surface area contributed by atoms with E-state index in [0.29, 0.717) is 11.3 Å². The van der Waals surface area contributed by atoms with Gasteiger partial charge in [0.1, 0.15) is 11.5 Å². The zero-order valence-electron chi connectivity index (χ0n) is 8.41. The monoisotopic (exact) mass is 218 g/mol. The normalized spacial score (nSPS) is 12.7. The summed E-state index contributed by atoms with van der Waals surface area (Å²) < 4.78 is 33.3. The number of alkyl halides is 2. The fourth-order valence-electron chi connectivity index (χ4n) is 1.18. The lowest BCUT2D eigenvalue weighted by atomic mass is 10.1. The molecule has 0 fully saturated rings. The van der Waals surface area contributed by atoms with Crippen molar-refractivity contribution in [1.82, 2.24) is 0 Å². The summed E-state index contributed by atoms with van der Waals surface area (Å²) in [7, 11) is 1.42. The van der Waals surface area contributed by atoms with Gasteiger partial charge in [0.05, 0.1) is 13.2 Å². The fourth-order valence-corrected chi connectivity index (χ4v) is 1.18. The first-order valence-corrected chi connectivity index (χ1v) is 4.35. The Morgan fingerprint density at radius 3 is 2.47 bits per heavy atom. The predicted molar refractivity (Wildman–Crippen MR) is 50.3 cm³/mol. The molecule has 0 aliphatic heterocycles. The van der Waals surface area contributed by atoms with Gasteiger partial charge >= 0.3 is 6.61 Å². The highest BCUT2D eigenvalue weighted by atomic mass is 19.3.